The van der Waals surface area contributed by atoms with Gasteiger partial charge in [0.15, 0.2) is 0 Å². The van der Waals surface area contributed by atoms with Crippen molar-refractivity contribution in [3.8, 4) is 0 Å². The molecular weight excluding hydrogens is 328 g/mol. The van der Waals surface area contributed by atoms with Crippen LogP contribution >= 0.6 is 27.5 Å². The Morgan fingerprint density at radius 3 is 2.63 bits per heavy atom. The average Bonchev–Trinajstić information content (AvgIpc) is 2.41. The number of nitrogens with one attached hydrogen (secondary N) is 1. The molecule has 1 saturated heterocycles. The molecule has 1 aliphatic heterocycles. The first-order valence-corrected chi connectivity index (χ1v) is 7.62. The molecule has 1 aromatic rings. The zero-order valence-electron chi connectivity index (χ0n) is 11.1. The van der Waals surface area contributed by atoms with E-state index in [1.165, 1.54) is 0 Å². The van der Waals surface area contributed by atoms with E-state index in [0.29, 0.717) is 6.54 Å². The summed E-state index contributed by atoms with van der Waals surface area (Å²) in [6.07, 6.45) is 0. The minimum absolute atomic E-state index is 0.106. The predicted molar refractivity (Wildman–Crippen MR) is 83.2 cm³/mol. The number of likely N-dealkylation sites (N-methyl/N-ethyl adjacent to an activating group) is 1. The molecule has 19 heavy (non-hydrogen) atoms. The Morgan fingerprint density at radius 1 is 1.37 bits per heavy atom. The van der Waals surface area contributed by atoms with Crippen LogP contribution in [0.25, 0.3) is 0 Å². The molecular formula is C13H20BrClN4. The molecule has 4 nitrogen and oxygen atoms in total. The molecule has 0 saturated carbocycles. The fourth-order valence-corrected chi connectivity index (χ4v) is 2.58. The minimum Gasteiger partial charge on any atom is -0.329 e. The second-order valence-electron chi connectivity index (χ2n) is 4.88. The van der Waals surface area contributed by atoms with Gasteiger partial charge < -0.3 is 10.6 Å². The van der Waals surface area contributed by atoms with Crippen LogP contribution < -0.4 is 11.2 Å². The molecule has 0 radical (unpaired) electrons. The number of hydrogen-bond acceptors (Lipinski definition) is 4. The van der Waals surface area contributed by atoms with Crippen molar-refractivity contribution in [2.45, 2.75) is 6.04 Å². The van der Waals surface area contributed by atoms with Crippen LogP contribution in [0.2, 0.25) is 5.02 Å². The zero-order chi connectivity index (χ0) is 13.8. The smallest absolute Gasteiger partial charge is 0.0587 e. The molecule has 2 rings (SSSR count). The highest BCUT2D eigenvalue weighted by Crippen LogP contribution is 2.26. The molecule has 0 bridgehead atoms. The van der Waals surface area contributed by atoms with Gasteiger partial charge in [-0.25, -0.2) is 10.4 Å². The molecule has 0 amide bonds. The summed E-state index contributed by atoms with van der Waals surface area (Å²) < 4.78 is 0.910. The van der Waals surface area contributed by atoms with E-state index in [2.05, 4.69) is 44.4 Å². The SMILES string of the molecule is CN1CCN(NC(CN)c2ccc(Br)c(Cl)c2)CC1. The second-order valence-corrected chi connectivity index (χ2v) is 6.14. The molecule has 0 spiro atoms. The lowest BCUT2D eigenvalue weighted by molar-refractivity contribution is 0.0880. The van der Waals surface area contributed by atoms with Crippen molar-refractivity contribution in [3.63, 3.8) is 0 Å². The van der Waals surface area contributed by atoms with Crippen LogP contribution in [0.1, 0.15) is 11.6 Å². The van der Waals surface area contributed by atoms with Gasteiger partial charge in [-0.05, 0) is 40.7 Å². The summed E-state index contributed by atoms with van der Waals surface area (Å²) in [6, 6.07) is 6.09. The second kappa shape index (κ2) is 7.02. The van der Waals surface area contributed by atoms with Crippen molar-refractivity contribution < 1.29 is 0 Å². The summed E-state index contributed by atoms with van der Waals surface area (Å²) in [6.45, 7) is 4.72. The Balaban J connectivity index is 2.01. The van der Waals surface area contributed by atoms with E-state index in [4.69, 9.17) is 17.3 Å². The van der Waals surface area contributed by atoms with Crippen LogP contribution in [-0.2, 0) is 0 Å². The van der Waals surface area contributed by atoms with Gasteiger partial charge in [-0.15, -0.1) is 0 Å². The van der Waals surface area contributed by atoms with Crippen LogP contribution in [0, 0.1) is 0 Å². The van der Waals surface area contributed by atoms with E-state index < -0.39 is 0 Å². The third kappa shape index (κ3) is 4.15. The van der Waals surface area contributed by atoms with Crippen molar-refractivity contribution in [2.75, 3.05) is 39.8 Å². The molecule has 1 atom stereocenters. The number of halogens is 2. The van der Waals surface area contributed by atoms with Crippen molar-refractivity contribution in [1.29, 1.82) is 0 Å². The van der Waals surface area contributed by atoms with E-state index >= 15 is 0 Å². The number of hydrogen-bond donors (Lipinski definition) is 2. The number of piperazine rings is 1. The van der Waals surface area contributed by atoms with Gasteiger partial charge in [-0.3, -0.25) is 0 Å². The number of benzene rings is 1. The standard InChI is InChI=1S/C13H20BrClN4/c1-18-4-6-19(7-5-18)17-13(9-16)10-2-3-11(14)12(15)8-10/h2-3,8,13,17H,4-7,9,16H2,1H3. The Hall–Kier alpha value is -0.170. The van der Waals surface area contributed by atoms with Crippen LogP contribution in [0.15, 0.2) is 22.7 Å². The maximum Gasteiger partial charge on any atom is 0.0587 e. The summed E-state index contributed by atoms with van der Waals surface area (Å²) in [7, 11) is 2.15. The number of hydrazine groups is 1. The monoisotopic (exact) mass is 346 g/mol. The number of nitrogens with two attached hydrogens (primary N) is 1. The summed E-state index contributed by atoms with van der Waals surface area (Å²) in [5, 5.41) is 2.96. The van der Waals surface area contributed by atoms with Gasteiger partial charge in [0.1, 0.15) is 0 Å². The lowest BCUT2D eigenvalue weighted by Gasteiger charge is -2.35. The summed E-state index contributed by atoms with van der Waals surface area (Å²) >= 11 is 9.55. The zero-order valence-corrected chi connectivity index (χ0v) is 13.4. The van der Waals surface area contributed by atoms with Crippen molar-refractivity contribution in [3.05, 3.63) is 33.3 Å². The normalized spacial score (nSPS) is 19.6. The molecule has 1 fully saturated rings. The Morgan fingerprint density at radius 2 is 2.05 bits per heavy atom. The third-order valence-corrected chi connectivity index (χ3v) is 4.66. The molecule has 1 unspecified atom stereocenters. The predicted octanol–water partition coefficient (Wildman–Crippen LogP) is 1.85. The fraction of sp³-hybridized carbons (Fsp3) is 0.538. The lowest BCUT2D eigenvalue weighted by atomic mass is 10.1. The average molecular weight is 348 g/mol. The molecule has 3 N–H and O–H groups in total. The Labute approximate surface area is 128 Å². The van der Waals surface area contributed by atoms with E-state index in [1.807, 2.05) is 12.1 Å². The quantitative estimate of drug-likeness (QED) is 0.872. The van der Waals surface area contributed by atoms with Gasteiger partial charge in [-0.1, -0.05) is 17.7 Å². The molecule has 1 heterocycles. The third-order valence-electron chi connectivity index (χ3n) is 3.42. The summed E-state index contributed by atoms with van der Waals surface area (Å²) in [4.78, 5) is 2.33. The van der Waals surface area contributed by atoms with E-state index in [9.17, 15) is 0 Å². The highest BCUT2D eigenvalue weighted by molar-refractivity contribution is 9.10. The molecule has 0 aliphatic carbocycles. The highest BCUT2D eigenvalue weighted by atomic mass is 79.9. The van der Waals surface area contributed by atoms with Crippen LogP contribution in [0.5, 0.6) is 0 Å². The summed E-state index contributed by atoms with van der Waals surface area (Å²) in [5.41, 5.74) is 10.5. The first kappa shape index (κ1) is 15.2. The fourth-order valence-electron chi connectivity index (χ4n) is 2.15. The lowest BCUT2D eigenvalue weighted by Crippen LogP contribution is -2.52. The van der Waals surface area contributed by atoms with Crippen LogP contribution in [0.4, 0.5) is 0 Å². The topological polar surface area (TPSA) is 44.5 Å². The molecule has 1 aliphatic rings. The Kier molecular flexibility index (Phi) is 5.62. The van der Waals surface area contributed by atoms with E-state index in [-0.39, 0.29) is 6.04 Å². The van der Waals surface area contributed by atoms with Crippen molar-refractivity contribution >= 4 is 27.5 Å². The maximum atomic E-state index is 6.14. The van der Waals surface area contributed by atoms with Crippen LogP contribution in [0.3, 0.4) is 0 Å². The van der Waals surface area contributed by atoms with Crippen molar-refractivity contribution in [1.82, 2.24) is 15.3 Å². The minimum atomic E-state index is 0.106. The van der Waals surface area contributed by atoms with Crippen molar-refractivity contribution in [2.24, 2.45) is 5.73 Å². The molecule has 1 aromatic carbocycles. The van der Waals surface area contributed by atoms with Gasteiger partial charge in [-0.2, -0.15) is 0 Å². The first-order chi connectivity index (χ1) is 9.10. The number of rotatable bonds is 4. The van der Waals surface area contributed by atoms with Crippen LogP contribution in [-0.4, -0.2) is 49.7 Å². The summed E-state index contributed by atoms with van der Waals surface area (Å²) in [5.74, 6) is 0. The molecule has 6 heteroatoms. The number of nitrogens with zero attached hydrogens (tertiary/aromatic N) is 2. The van der Waals surface area contributed by atoms with E-state index in [1.54, 1.807) is 0 Å². The first-order valence-electron chi connectivity index (χ1n) is 6.45. The highest BCUT2D eigenvalue weighted by Gasteiger charge is 2.18. The van der Waals surface area contributed by atoms with Gasteiger partial charge in [0.25, 0.3) is 0 Å². The Bertz CT molecular complexity index is 421. The molecule has 0 aromatic heterocycles. The van der Waals surface area contributed by atoms with Gasteiger partial charge in [0, 0.05) is 37.2 Å². The largest absolute Gasteiger partial charge is 0.329 e. The molecule has 106 valence electrons. The van der Waals surface area contributed by atoms with E-state index in [0.717, 1.165) is 41.2 Å². The van der Waals surface area contributed by atoms with Gasteiger partial charge in [0.05, 0.1) is 11.1 Å². The van der Waals surface area contributed by atoms with Gasteiger partial charge >= 0.3 is 0 Å². The van der Waals surface area contributed by atoms with Gasteiger partial charge in [0.2, 0.25) is 0 Å². The maximum absolute atomic E-state index is 6.14.